The minimum absolute atomic E-state index is 0.267. The maximum absolute atomic E-state index is 14.1. The summed E-state index contributed by atoms with van der Waals surface area (Å²) in [5.74, 6) is -0.788. The summed E-state index contributed by atoms with van der Waals surface area (Å²) in [6, 6.07) is 3.68. The second kappa shape index (κ2) is 7.29. The molecule has 0 spiro atoms. The third kappa shape index (κ3) is 3.78. The fraction of sp³-hybridized carbons (Fsp3) is 0.625. The van der Waals surface area contributed by atoms with E-state index in [1.807, 2.05) is 0 Å². The van der Waals surface area contributed by atoms with Crippen LogP contribution in [0, 0.1) is 11.6 Å². The number of halogens is 2. The smallest absolute Gasteiger partial charge is 0.128 e. The molecule has 1 aromatic rings. The number of benzene rings is 1. The molecule has 1 aliphatic heterocycles. The van der Waals surface area contributed by atoms with Crippen LogP contribution in [0.4, 0.5) is 8.78 Å². The number of rotatable bonds is 4. The van der Waals surface area contributed by atoms with Crippen molar-refractivity contribution in [1.29, 1.82) is 0 Å². The van der Waals surface area contributed by atoms with Gasteiger partial charge in [-0.15, -0.1) is 0 Å². The Morgan fingerprint density at radius 3 is 2.76 bits per heavy atom. The molecule has 0 aliphatic carbocycles. The summed E-state index contributed by atoms with van der Waals surface area (Å²) in [4.78, 5) is 4.55. The van der Waals surface area contributed by atoms with Crippen LogP contribution in [0.5, 0.6) is 0 Å². The van der Waals surface area contributed by atoms with E-state index in [4.69, 9.17) is 5.73 Å². The van der Waals surface area contributed by atoms with E-state index in [9.17, 15) is 8.78 Å². The largest absolute Gasteiger partial charge is 0.329 e. The Kier molecular flexibility index (Phi) is 5.67. The first-order chi connectivity index (χ1) is 10.1. The normalized spacial score (nSPS) is 23.0. The van der Waals surface area contributed by atoms with Crippen LogP contribution in [-0.4, -0.2) is 49.1 Å². The summed E-state index contributed by atoms with van der Waals surface area (Å²) in [5.41, 5.74) is 6.29. The summed E-state index contributed by atoms with van der Waals surface area (Å²) < 4.78 is 27.6. The first-order valence-electron chi connectivity index (χ1n) is 7.66. The van der Waals surface area contributed by atoms with Gasteiger partial charge in [0, 0.05) is 31.2 Å². The maximum Gasteiger partial charge on any atom is 0.128 e. The minimum Gasteiger partial charge on any atom is -0.329 e. The lowest BCUT2D eigenvalue weighted by Gasteiger charge is -2.37. The standard InChI is InChI=1S/C16H25F2N3/c1-3-13-11-20(2)7-4-8-21(13)16(10-19)14-9-12(17)5-6-15(14)18/h5-6,9,13,16H,3-4,7-8,10-11,19H2,1-2H3. The topological polar surface area (TPSA) is 32.5 Å². The van der Waals surface area contributed by atoms with Crippen molar-refractivity contribution in [3.05, 3.63) is 35.4 Å². The van der Waals surface area contributed by atoms with Crippen LogP contribution >= 0.6 is 0 Å². The highest BCUT2D eigenvalue weighted by molar-refractivity contribution is 5.23. The maximum atomic E-state index is 14.1. The Bertz CT molecular complexity index is 467. The molecule has 0 bridgehead atoms. The van der Waals surface area contributed by atoms with Crippen LogP contribution in [0.25, 0.3) is 0 Å². The number of nitrogens with two attached hydrogens (primary N) is 1. The molecule has 0 amide bonds. The summed E-state index contributed by atoms with van der Waals surface area (Å²) in [5, 5.41) is 0. The van der Waals surface area contributed by atoms with Crippen molar-refractivity contribution >= 4 is 0 Å². The van der Waals surface area contributed by atoms with E-state index in [2.05, 4.69) is 23.8 Å². The number of hydrogen-bond acceptors (Lipinski definition) is 3. The fourth-order valence-electron chi connectivity index (χ4n) is 3.25. The van der Waals surface area contributed by atoms with Gasteiger partial charge in [0.05, 0.1) is 6.04 Å². The van der Waals surface area contributed by atoms with E-state index in [1.54, 1.807) is 0 Å². The predicted molar refractivity (Wildman–Crippen MR) is 81.1 cm³/mol. The molecule has 1 aromatic carbocycles. The summed E-state index contributed by atoms with van der Waals surface area (Å²) in [6.07, 6.45) is 1.98. The Balaban J connectivity index is 2.31. The molecular formula is C16H25F2N3. The van der Waals surface area contributed by atoms with Crippen LogP contribution in [0.15, 0.2) is 18.2 Å². The molecule has 1 fully saturated rings. The molecule has 21 heavy (non-hydrogen) atoms. The van der Waals surface area contributed by atoms with Gasteiger partial charge < -0.3 is 10.6 Å². The highest BCUT2D eigenvalue weighted by atomic mass is 19.1. The van der Waals surface area contributed by atoms with Crippen LogP contribution in [0.2, 0.25) is 0 Å². The first-order valence-corrected chi connectivity index (χ1v) is 7.66. The zero-order valence-electron chi connectivity index (χ0n) is 12.9. The molecule has 1 saturated heterocycles. The number of nitrogens with zero attached hydrogens (tertiary/aromatic N) is 2. The van der Waals surface area contributed by atoms with Crippen molar-refractivity contribution in [3.63, 3.8) is 0 Å². The predicted octanol–water partition coefficient (Wildman–Crippen LogP) is 2.38. The van der Waals surface area contributed by atoms with Gasteiger partial charge in [-0.1, -0.05) is 6.92 Å². The van der Waals surface area contributed by atoms with Crippen molar-refractivity contribution in [2.75, 3.05) is 33.2 Å². The molecule has 3 nitrogen and oxygen atoms in total. The van der Waals surface area contributed by atoms with Crippen molar-refractivity contribution in [1.82, 2.24) is 9.80 Å². The molecule has 0 radical (unpaired) electrons. The molecule has 0 aromatic heterocycles. The van der Waals surface area contributed by atoms with E-state index in [-0.39, 0.29) is 11.9 Å². The summed E-state index contributed by atoms with van der Waals surface area (Å²) in [6.45, 7) is 5.24. The molecule has 1 aliphatic rings. The first kappa shape index (κ1) is 16.3. The van der Waals surface area contributed by atoms with Gasteiger partial charge in [0.25, 0.3) is 0 Å². The molecule has 2 atom stereocenters. The molecular weight excluding hydrogens is 272 g/mol. The third-order valence-corrected chi connectivity index (χ3v) is 4.36. The average Bonchev–Trinajstić information content (AvgIpc) is 2.65. The summed E-state index contributed by atoms with van der Waals surface area (Å²) in [7, 11) is 2.10. The Morgan fingerprint density at radius 1 is 1.33 bits per heavy atom. The highest BCUT2D eigenvalue weighted by Crippen LogP contribution is 2.28. The van der Waals surface area contributed by atoms with Gasteiger partial charge in [-0.05, 0) is 44.6 Å². The Hall–Kier alpha value is -1.04. The average molecular weight is 297 g/mol. The quantitative estimate of drug-likeness (QED) is 0.926. The van der Waals surface area contributed by atoms with Gasteiger partial charge in [-0.3, -0.25) is 4.90 Å². The van der Waals surface area contributed by atoms with Gasteiger partial charge in [-0.25, -0.2) is 8.78 Å². The van der Waals surface area contributed by atoms with Crippen LogP contribution in [0.1, 0.15) is 31.4 Å². The molecule has 2 N–H and O–H groups in total. The highest BCUT2D eigenvalue weighted by Gasteiger charge is 2.30. The Labute approximate surface area is 125 Å². The zero-order valence-corrected chi connectivity index (χ0v) is 12.9. The van der Waals surface area contributed by atoms with Crippen molar-refractivity contribution < 1.29 is 8.78 Å². The molecule has 5 heteroatoms. The van der Waals surface area contributed by atoms with Gasteiger partial charge in [-0.2, -0.15) is 0 Å². The molecule has 118 valence electrons. The number of hydrogen-bond donors (Lipinski definition) is 1. The van der Waals surface area contributed by atoms with Crippen LogP contribution < -0.4 is 5.73 Å². The lowest BCUT2D eigenvalue weighted by molar-refractivity contribution is 0.128. The molecule has 1 heterocycles. The van der Waals surface area contributed by atoms with E-state index in [1.165, 1.54) is 12.1 Å². The van der Waals surface area contributed by atoms with E-state index < -0.39 is 5.82 Å². The van der Waals surface area contributed by atoms with E-state index in [0.29, 0.717) is 18.2 Å². The molecule has 2 unspecified atom stereocenters. The van der Waals surface area contributed by atoms with Gasteiger partial charge in [0.1, 0.15) is 11.6 Å². The van der Waals surface area contributed by atoms with E-state index in [0.717, 1.165) is 38.5 Å². The summed E-state index contributed by atoms with van der Waals surface area (Å²) >= 11 is 0. The second-order valence-corrected chi connectivity index (χ2v) is 5.83. The zero-order chi connectivity index (χ0) is 15.4. The SMILES string of the molecule is CCC1CN(C)CCCN1C(CN)c1cc(F)ccc1F. The van der Waals surface area contributed by atoms with Gasteiger partial charge >= 0.3 is 0 Å². The monoisotopic (exact) mass is 297 g/mol. The fourth-order valence-corrected chi connectivity index (χ4v) is 3.25. The number of likely N-dealkylation sites (N-methyl/N-ethyl adjacent to an activating group) is 1. The van der Waals surface area contributed by atoms with Gasteiger partial charge in [0.2, 0.25) is 0 Å². The Morgan fingerprint density at radius 2 is 2.10 bits per heavy atom. The van der Waals surface area contributed by atoms with Crippen molar-refractivity contribution in [2.24, 2.45) is 5.73 Å². The van der Waals surface area contributed by atoms with Crippen molar-refractivity contribution in [2.45, 2.75) is 31.8 Å². The van der Waals surface area contributed by atoms with Gasteiger partial charge in [0.15, 0.2) is 0 Å². The molecule has 0 saturated carbocycles. The van der Waals surface area contributed by atoms with E-state index >= 15 is 0 Å². The lowest BCUT2D eigenvalue weighted by atomic mass is 10.0. The minimum atomic E-state index is -0.412. The third-order valence-electron chi connectivity index (χ3n) is 4.36. The van der Waals surface area contributed by atoms with Crippen LogP contribution in [-0.2, 0) is 0 Å². The lowest BCUT2D eigenvalue weighted by Crippen LogP contribution is -2.44. The van der Waals surface area contributed by atoms with Crippen molar-refractivity contribution in [3.8, 4) is 0 Å². The van der Waals surface area contributed by atoms with Crippen LogP contribution in [0.3, 0.4) is 0 Å². The molecule has 2 rings (SSSR count). The second-order valence-electron chi connectivity index (χ2n) is 5.83.